The second-order valence-corrected chi connectivity index (χ2v) is 4.66. The number of nitriles is 1. The van der Waals surface area contributed by atoms with Crippen molar-refractivity contribution in [3.05, 3.63) is 58.9 Å². The normalized spacial score (nSPS) is 9.95. The summed E-state index contributed by atoms with van der Waals surface area (Å²) >= 11 is 0. The summed E-state index contributed by atoms with van der Waals surface area (Å²) in [4.78, 5) is 16.3. The zero-order chi connectivity index (χ0) is 15.2. The van der Waals surface area contributed by atoms with Gasteiger partial charge in [0.15, 0.2) is 0 Å². The van der Waals surface area contributed by atoms with Crippen LogP contribution in [0.2, 0.25) is 0 Å². The zero-order valence-corrected chi connectivity index (χ0v) is 12.2. The van der Waals surface area contributed by atoms with Gasteiger partial charge in [0.25, 0.3) is 5.91 Å². The largest absolute Gasteiger partial charge is 0.320 e. The Bertz CT molecular complexity index is 662. The van der Waals surface area contributed by atoms with Gasteiger partial charge in [-0.1, -0.05) is 32.0 Å². The van der Waals surface area contributed by atoms with Crippen molar-refractivity contribution >= 4 is 11.6 Å². The molecule has 0 aliphatic rings. The van der Waals surface area contributed by atoms with Gasteiger partial charge in [0, 0.05) is 11.9 Å². The molecule has 106 valence electrons. The number of rotatable bonds is 4. The number of carbonyl (C=O) groups is 1. The SMILES string of the molecule is CCc1cccc(CC)c1NC(=O)c1ccc(C#N)cn1. The van der Waals surface area contributed by atoms with E-state index < -0.39 is 0 Å². The highest BCUT2D eigenvalue weighted by atomic mass is 16.1. The lowest BCUT2D eigenvalue weighted by atomic mass is 10.0. The van der Waals surface area contributed by atoms with E-state index in [-0.39, 0.29) is 5.91 Å². The molecule has 1 N–H and O–H groups in total. The van der Waals surface area contributed by atoms with E-state index in [0.29, 0.717) is 11.3 Å². The number of benzene rings is 1. The number of amides is 1. The molecule has 2 aromatic rings. The van der Waals surface area contributed by atoms with Crippen molar-refractivity contribution in [2.24, 2.45) is 0 Å². The molecule has 1 amide bonds. The molecular formula is C17H17N3O. The first-order chi connectivity index (χ1) is 10.2. The first-order valence-electron chi connectivity index (χ1n) is 6.97. The van der Waals surface area contributed by atoms with Crippen LogP contribution < -0.4 is 5.32 Å². The summed E-state index contributed by atoms with van der Waals surface area (Å²) in [7, 11) is 0. The Balaban J connectivity index is 2.28. The van der Waals surface area contributed by atoms with Crippen LogP contribution in [0.5, 0.6) is 0 Å². The Morgan fingerprint density at radius 2 is 1.86 bits per heavy atom. The Kier molecular flexibility index (Phi) is 4.68. The maximum atomic E-state index is 12.3. The predicted molar refractivity (Wildman–Crippen MR) is 82.1 cm³/mol. The number of hydrogen-bond acceptors (Lipinski definition) is 3. The molecule has 0 fully saturated rings. The molecule has 4 heteroatoms. The molecule has 0 atom stereocenters. The van der Waals surface area contributed by atoms with Gasteiger partial charge in [0.2, 0.25) is 0 Å². The highest BCUT2D eigenvalue weighted by molar-refractivity contribution is 6.03. The van der Waals surface area contributed by atoms with Gasteiger partial charge in [-0.2, -0.15) is 5.26 Å². The van der Waals surface area contributed by atoms with E-state index in [1.807, 2.05) is 24.3 Å². The topological polar surface area (TPSA) is 65.8 Å². The smallest absolute Gasteiger partial charge is 0.274 e. The highest BCUT2D eigenvalue weighted by Gasteiger charge is 2.12. The number of para-hydroxylation sites is 1. The predicted octanol–water partition coefficient (Wildman–Crippen LogP) is 3.33. The monoisotopic (exact) mass is 279 g/mol. The van der Waals surface area contributed by atoms with Crippen molar-refractivity contribution in [2.45, 2.75) is 26.7 Å². The first kappa shape index (κ1) is 14.7. The number of carbonyl (C=O) groups excluding carboxylic acids is 1. The minimum Gasteiger partial charge on any atom is -0.320 e. The third-order valence-corrected chi connectivity index (χ3v) is 3.36. The lowest BCUT2D eigenvalue weighted by Crippen LogP contribution is -2.16. The van der Waals surface area contributed by atoms with Gasteiger partial charge >= 0.3 is 0 Å². The molecule has 0 aliphatic carbocycles. The lowest BCUT2D eigenvalue weighted by Gasteiger charge is -2.14. The third kappa shape index (κ3) is 3.26. The molecule has 0 unspecified atom stereocenters. The molecular weight excluding hydrogens is 262 g/mol. The van der Waals surface area contributed by atoms with Gasteiger partial charge in [-0.15, -0.1) is 0 Å². The van der Waals surface area contributed by atoms with E-state index in [2.05, 4.69) is 24.1 Å². The van der Waals surface area contributed by atoms with Crippen LogP contribution in [0.4, 0.5) is 5.69 Å². The van der Waals surface area contributed by atoms with Crippen LogP contribution in [-0.4, -0.2) is 10.9 Å². The molecule has 0 aliphatic heterocycles. The zero-order valence-electron chi connectivity index (χ0n) is 12.2. The van der Waals surface area contributed by atoms with Crippen LogP contribution >= 0.6 is 0 Å². The summed E-state index contributed by atoms with van der Waals surface area (Å²) < 4.78 is 0. The van der Waals surface area contributed by atoms with E-state index in [0.717, 1.165) is 29.7 Å². The van der Waals surface area contributed by atoms with Gasteiger partial charge in [0.1, 0.15) is 11.8 Å². The Hall–Kier alpha value is -2.67. The number of pyridine rings is 1. The van der Waals surface area contributed by atoms with Crippen molar-refractivity contribution in [3.63, 3.8) is 0 Å². The fourth-order valence-electron chi connectivity index (χ4n) is 2.18. The van der Waals surface area contributed by atoms with Crippen LogP contribution in [0.3, 0.4) is 0 Å². The minimum absolute atomic E-state index is 0.255. The molecule has 0 radical (unpaired) electrons. The third-order valence-electron chi connectivity index (χ3n) is 3.36. The number of hydrogen-bond donors (Lipinski definition) is 1. The van der Waals surface area contributed by atoms with Gasteiger partial charge in [-0.05, 0) is 36.1 Å². The molecule has 2 rings (SSSR count). The summed E-state index contributed by atoms with van der Waals surface area (Å²) in [6, 6.07) is 11.2. The van der Waals surface area contributed by atoms with Crippen LogP contribution in [0, 0.1) is 11.3 Å². The average Bonchev–Trinajstić information content (AvgIpc) is 2.55. The number of nitrogens with zero attached hydrogens (tertiary/aromatic N) is 2. The fraction of sp³-hybridized carbons (Fsp3) is 0.235. The van der Waals surface area contributed by atoms with E-state index in [4.69, 9.17) is 5.26 Å². The molecule has 0 spiro atoms. The maximum absolute atomic E-state index is 12.3. The van der Waals surface area contributed by atoms with Crippen molar-refractivity contribution in [2.75, 3.05) is 5.32 Å². The summed E-state index contributed by atoms with van der Waals surface area (Å²) in [5, 5.41) is 11.7. The maximum Gasteiger partial charge on any atom is 0.274 e. The van der Waals surface area contributed by atoms with Crippen LogP contribution in [0.15, 0.2) is 36.5 Å². The molecule has 0 saturated heterocycles. The van der Waals surface area contributed by atoms with Gasteiger partial charge < -0.3 is 5.32 Å². The quantitative estimate of drug-likeness (QED) is 0.933. The van der Waals surface area contributed by atoms with Crippen molar-refractivity contribution in [1.82, 2.24) is 4.98 Å². The first-order valence-corrected chi connectivity index (χ1v) is 6.97. The molecule has 1 aromatic heterocycles. The van der Waals surface area contributed by atoms with E-state index >= 15 is 0 Å². The molecule has 4 nitrogen and oxygen atoms in total. The molecule has 1 heterocycles. The minimum atomic E-state index is -0.255. The number of anilines is 1. The van der Waals surface area contributed by atoms with E-state index in [9.17, 15) is 4.79 Å². The van der Waals surface area contributed by atoms with Crippen molar-refractivity contribution < 1.29 is 4.79 Å². The Morgan fingerprint density at radius 1 is 1.19 bits per heavy atom. The molecule has 0 saturated carbocycles. The summed E-state index contributed by atoms with van der Waals surface area (Å²) in [5.41, 5.74) is 3.84. The molecule has 21 heavy (non-hydrogen) atoms. The van der Waals surface area contributed by atoms with Crippen LogP contribution in [0.1, 0.15) is 41.0 Å². The molecule has 1 aromatic carbocycles. The van der Waals surface area contributed by atoms with E-state index in [1.54, 1.807) is 12.1 Å². The van der Waals surface area contributed by atoms with Crippen molar-refractivity contribution in [1.29, 1.82) is 5.26 Å². The number of aromatic nitrogens is 1. The second-order valence-electron chi connectivity index (χ2n) is 4.66. The highest BCUT2D eigenvalue weighted by Crippen LogP contribution is 2.23. The van der Waals surface area contributed by atoms with Gasteiger partial charge in [0.05, 0.1) is 5.56 Å². The Labute approximate surface area is 124 Å². The number of aryl methyl sites for hydroxylation is 2. The Morgan fingerprint density at radius 3 is 2.33 bits per heavy atom. The van der Waals surface area contributed by atoms with Crippen LogP contribution in [-0.2, 0) is 12.8 Å². The van der Waals surface area contributed by atoms with Gasteiger partial charge in [-0.3, -0.25) is 4.79 Å². The summed E-state index contributed by atoms with van der Waals surface area (Å²) in [6.45, 7) is 4.12. The molecule has 0 bridgehead atoms. The second kappa shape index (κ2) is 6.67. The summed E-state index contributed by atoms with van der Waals surface area (Å²) in [6.07, 6.45) is 3.11. The van der Waals surface area contributed by atoms with Crippen LogP contribution in [0.25, 0.3) is 0 Å². The van der Waals surface area contributed by atoms with E-state index in [1.165, 1.54) is 6.20 Å². The van der Waals surface area contributed by atoms with Crippen molar-refractivity contribution in [3.8, 4) is 6.07 Å². The number of nitrogens with one attached hydrogen (secondary N) is 1. The standard InChI is InChI=1S/C17H17N3O/c1-3-13-6-5-7-14(4-2)16(13)20-17(21)15-9-8-12(10-18)11-19-15/h5-9,11H,3-4H2,1-2H3,(H,20,21). The fourth-order valence-corrected chi connectivity index (χ4v) is 2.18. The summed E-state index contributed by atoms with van der Waals surface area (Å²) in [5.74, 6) is -0.255. The average molecular weight is 279 g/mol. The van der Waals surface area contributed by atoms with Gasteiger partial charge in [-0.25, -0.2) is 4.98 Å². The lowest BCUT2D eigenvalue weighted by molar-refractivity contribution is 0.102.